The third-order valence-electron chi connectivity index (χ3n) is 4.16. The summed E-state index contributed by atoms with van der Waals surface area (Å²) >= 11 is 1.10. The topological polar surface area (TPSA) is 111 Å². The number of carbonyl (C=O) groups is 3. The van der Waals surface area contributed by atoms with E-state index in [9.17, 15) is 14.4 Å². The number of hydrogen-bond acceptors (Lipinski definition) is 7. The number of amides is 2. The van der Waals surface area contributed by atoms with Crippen LogP contribution in [-0.4, -0.2) is 47.1 Å². The number of rotatable bonds is 10. The van der Waals surface area contributed by atoms with Gasteiger partial charge in [0.05, 0.1) is 11.5 Å². The van der Waals surface area contributed by atoms with Gasteiger partial charge in [0.1, 0.15) is 5.76 Å². The number of nitrogens with one attached hydrogen (secondary N) is 2. The molecular weight excluding hydrogens is 382 g/mol. The number of nitrogens with zero attached hydrogens (tertiary/aromatic N) is 1. The summed E-state index contributed by atoms with van der Waals surface area (Å²) < 4.78 is 9.96. The summed E-state index contributed by atoms with van der Waals surface area (Å²) in [5, 5.41) is 9.01. The molecule has 0 aromatic carbocycles. The number of anilines is 1. The first kappa shape index (κ1) is 22.0. The summed E-state index contributed by atoms with van der Waals surface area (Å²) in [6, 6.07) is 1.60. The number of aryl methyl sites for hydroxylation is 1. The van der Waals surface area contributed by atoms with Crippen molar-refractivity contribution < 1.29 is 23.6 Å². The van der Waals surface area contributed by atoms with Gasteiger partial charge in [-0.1, -0.05) is 16.8 Å². The summed E-state index contributed by atoms with van der Waals surface area (Å²) in [6.07, 6.45) is 6.88. The Balaban J connectivity index is 1.57. The van der Waals surface area contributed by atoms with Crippen LogP contribution in [-0.2, 0) is 19.1 Å². The maximum atomic E-state index is 12.0. The summed E-state index contributed by atoms with van der Waals surface area (Å²) in [4.78, 5) is 35.6. The van der Waals surface area contributed by atoms with E-state index in [0.29, 0.717) is 18.1 Å². The van der Waals surface area contributed by atoms with Gasteiger partial charge in [0.15, 0.2) is 11.9 Å². The van der Waals surface area contributed by atoms with E-state index in [1.807, 2.05) is 0 Å². The number of aromatic nitrogens is 1. The number of carbonyl (C=O) groups excluding carboxylic acids is 3. The molecule has 2 rings (SSSR count). The highest BCUT2D eigenvalue weighted by Crippen LogP contribution is 2.19. The zero-order valence-corrected chi connectivity index (χ0v) is 17.1. The second-order valence-corrected chi connectivity index (χ2v) is 7.63. The summed E-state index contributed by atoms with van der Waals surface area (Å²) in [5.41, 5.74) is 1.38. The second kappa shape index (κ2) is 11.5. The molecule has 2 N–H and O–H groups in total. The predicted octanol–water partition coefficient (Wildman–Crippen LogP) is 2.59. The lowest BCUT2D eigenvalue weighted by molar-refractivity contribution is -0.152. The van der Waals surface area contributed by atoms with Crippen molar-refractivity contribution in [1.82, 2.24) is 10.5 Å². The van der Waals surface area contributed by atoms with E-state index in [4.69, 9.17) is 9.26 Å². The zero-order valence-electron chi connectivity index (χ0n) is 16.3. The molecule has 154 valence electrons. The van der Waals surface area contributed by atoms with E-state index >= 15 is 0 Å². The van der Waals surface area contributed by atoms with Gasteiger partial charge in [-0.3, -0.25) is 14.4 Å². The van der Waals surface area contributed by atoms with Gasteiger partial charge in [-0.2, -0.15) is 0 Å². The Hall–Kier alpha value is -2.29. The molecule has 1 aliphatic rings. The first-order chi connectivity index (χ1) is 13.4. The van der Waals surface area contributed by atoms with Gasteiger partial charge in [0.25, 0.3) is 5.91 Å². The van der Waals surface area contributed by atoms with Crippen LogP contribution in [0.2, 0.25) is 0 Å². The maximum Gasteiger partial charge on any atom is 0.316 e. The van der Waals surface area contributed by atoms with Crippen LogP contribution in [0.25, 0.3) is 0 Å². The molecule has 0 bridgehead atoms. The van der Waals surface area contributed by atoms with Gasteiger partial charge in [-0.15, -0.1) is 11.8 Å². The van der Waals surface area contributed by atoms with Gasteiger partial charge < -0.3 is 19.9 Å². The van der Waals surface area contributed by atoms with Gasteiger partial charge >= 0.3 is 5.97 Å². The van der Waals surface area contributed by atoms with Crippen molar-refractivity contribution in [2.75, 3.05) is 23.4 Å². The van der Waals surface area contributed by atoms with Crippen LogP contribution in [0.15, 0.2) is 22.2 Å². The van der Waals surface area contributed by atoms with Crippen LogP contribution >= 0.6 is 11.8 Å². The van der Waals surface area contributed by atoms with Crippen molar-refractivity contribution in [3.8, 4) is 0 Å². The van der Waals surface area contributed by atoms with Crippen LogP contribution in [0.3, 0.4) is 0 Å². The molecule has 0 saturated carbocycles. The van der Waals surface area contributed by atoms with E-state index in [1.165, 1.54) is 25.3 Å². The highest BCUT2D eigenvalue weighted by atomic mass is 32.2. The molecular formula is C19H27N3O5S. The minimum Gasteiger partial charge on any atom is -0.452 e. The molecule has 1 aromatic heterocycles. The van der Waals surface area contributed by atoms with Gasteiger partial charge in [-0.25, -0.2) is 0 Å². The number of allylic oxidation sites excluding steroid dienone is 1. The monoisotopic (exact) mass is 409 g/mol. The molecule has 9 heteroatoms. The number of hydrogen-bond donors (Lipinski definition) is 2. The molecule has 8 nitrogen and oxygen atoms in total. The molecule has 0 aliphatic heterocycles. The minimum absolute atomic E-state index is 0.0181. The number of thioether (sulfide) groups is 1. The maximum absolute atomic E-state index is 12.0. The summed E-state index contributed by atoms with van der Waals surface area (Å²) in [6.45, 7) is 3.80. The average Bonchev–Trinajstić information content (AvgIpc) is 3.07. The van der Waals surface area contributed by atoms with Crippen LogP contribution in [0.1, 0.15) is 44.8 Å². The van der Waals surface area contributed by atoms with Gasteiger partial charge in [0, 0.05) is 12.6 Å². The molecule has 0 spiro atoms. The molecule has 1 aromatic rings. The standard InChI is InChI=1S/C19H27N3O5S/c1-13-10-16(22-27-13)21-17(23)11-28-12-18(24)26-14(2)19(25)20-9-8-15-6-4-3-5-7-15/h6,10,14H,3-5,7-9,11-12H2,1-2H3,(H,20,25)(H,21,22,23)/t14-/m1/s1. The number of ether oxygens (including phenoxy) is 1. The second-order valence-electron chi connectivity index (χ2n) is 6.65. The molecule has 1 aliphatic carbocycles. The lowest BCUT2D eigenvalue weighted by Crippen LogP contribution is -2.36. The van der Waals surface area contributed by atoms with Crippen LogP contribution < -0.4 is 10.6 Å². The summed E-state index contributed by atoms with van der Waals surface area (Å²) in [7, 11) is 0. The van der Waals surface area contributed by atoms with Crippen molar-refractivity contribution in [2.24, 2.45) is 0 Å². The lowest BCUT2D eigenvalue weighted by Gasteiger charge is -2.15. The van der Waals surface area contributed by atoms with E-state index in [1.54, 1.807) is 13.0 Å². The zero-order chi connectivity index (χ0) is 20.4. The van der Waals surface area contributed by atoms with Crippen molar-refractivity contribution in [1.29, 1.82) is 0 Å². The lowest BCUT2D eigenvalue weighted by atomic mass is 9.97. The molecule has 2 amide bonds. The predicted molar refractivity (Wildman–Crippen MR) is 107 cm³/mol. The first-order valence-electron chi connectivity index (χ1n) is 9.40. The molecule has 0 radical (unpaired) electrons. The SMILES string of the molecule is Cc1cc(NC(=O)CSCC(=O)O[C@H](C)C(=O)NCCC2=CCCCC2)no1. The molecule has 28 heavy (non-hydrogen) atoms. The quantitative estimate of drug-likeness (QED) is 0.451. The Labute approximate surface area is 168 Å². The van der Waals surface area contributed by atoms with Crippen molar-refractivity contribution in [3.63, 3.8) is 0 Å². The van der Waals surface area contributed by atoms with Crippen molar-refractivity contribution in [3.05, 3.63) is 23.5 Å². The highest BCUT2D eigenvalue weighted by Gasteiger charge is 2.18. The minimum atomic E-state index is -0.861. The molecule has 1 heterocycles. The highest BCUT2D eigenvalue weighted by molar-refractivity contribution is 8.00. The molecule has 0 unspecified atom stereocenters. The van der Waals surface area contributed by atoms with E-state index in [0.717, 1.165) is 31.0 Å². The Morgan fingerprint density at radius 1 is 1.32 bits per heavy atom. The normalized spacial score (nSPS) is 14.7. The van der Waals surface area contributed by atoms with Crippen molar-refractivity contribution in [2.45, 2.75) is 52.1 Å². The average molecular weight is 410 g/mol. The largest absolute Gasteiger partial charge is 0.452 e. The Kier molecular flexibility index (Phi) is 9.06. The Morgan fingerprint density at radius 3 is 2.82 bits per heavy atom. The fourth-order valence-electron chi connectivity index (χ4n) is 2.74. The summed E-state index contributed by atoms with van der Waals surface area (Å²) in [5.74, 6) is -0.170. The fraction of sp³-hybridized carbons (Fsp3) is 0.579. The number of esters is 1. The third kappa shape index (κ3) is 8.16. The molecule has 0 saturated heterocycles. The van der Waals surface area contributed by atoms with Crippen LogP contribution in [0.4, 0.5) is 5.82 Å². The fourth-order valence-corrected chi connectivity index (χ4v) is 3.33. The van der Waals surface area contributed by atoms with Gasteiger partial charge in [-0.05, 0) is 46.0 Å². The Morgan fingerprint density at radius 2 is 2.14 bits per heavy atom. The smallest absolute Gasteiger partial charge is 0.316 e. The van der Waals surface area contributed by atoms with Gasteiger partial charge in [0.2, 0.25) is 5.91 Å². The first-order valence-corrected chi connectivity index (χ1v) is 10.6. The molecule has 1 atom stereocenters. The van der Waals surface area contributed by atoms with E-state index in [2.05, 4.69) is 21.9 Å². The van der Waals surface area contributed by atoms with E-state index < -0.39 is 12.1 Å². The van der Waals surface area contributed by atoms with E-state index in [-0.39, 0.29) is 23.3 Å². The van der Waals surface area contributed by atoms with Crippen molar-refractivity contribution >= 4 is 35.4 Å². The van der Waals surface area contributed by atoms with Crippen LogP contribution in [0.5, 0.6) is 0 Å². The molecule has 0 fully saturated rings. The Bertz CT molecular complexity index is 716. The van der Waals surface area contributed by atoms with Crippen LogP contribution in [0, 0.1) is 6.92 Å². The third-order valence-corrected chi connectivity index (χ3v) is 5.06.